The number of carboxylic acids is 1. The summed E-state index contributed by atoms with van der Waals surface area (Å²) >= 11 is 0. The van der Waals surface area contributed by atoms with Crippen molar-refractivity contribution in [1.29, 1.82) is 0 Å². The first-order chi connectivity index (χ1) is 9.72. The summed E-state index contributed by atoms with van der Waals surface area (Å²) in [6.07, 6.45) is 0.761. The Kier molecular flexibility index (Phi) is 2.80. The zero-order chi connectivity index (χ0) is 15.5. The van der Waals surface area contributed by atoms with E-state index in [9.17, 15) is 18.7 Å². The molecular weight excluding hydrogens is 276 g/mol. The van der Waals surface area contributed by atoms with E-state index in [0.29, 0.717) is 11.3 Å². The lowest BCUT2D eigenvalue weighted by molar-refractivity contribution is 0.0696. The van der Waals surface area contributed by atoms with Crippen molar-refractivity contribution in [3.63, 3.8) is 0 Å². The van der Waals surface area contributed by atoms with E-state index in [0.717, 1.165) is 18.6 Å². The van der Waals surface area contributed by atoms with E-state index < -0.39 is 17.6 Å². The van der Waals surface area contributed by atoms with Crippen LogP contribution in [0.25, 0.3) is 10.9 Å². The van der Waals surface area contributed by atoms with Crippen LogP contribution in [0.1, 0.15) is 54.7 Å². The molecule has 110 valence electrons. The fourth-order valence-corrected chi connectivity index (χ4v) is 3.51. The van der Waals surface area contributed by atoms with Crippen LogP contribution in [0.3, 0.4) is 0 Å². The molecule has 1 heterocycles. The number of hydrogen-bond acceptors (Lipinski definition) is 2. The maximum absolute atomic E-state index is 13.5. The van der Waals surface area contributed by atoms with E-state index in [-0.39, 0.29) is 27.8 Å². The molecule has 0 spiro atoms. The van der Waals surface area contributed by atoms with Crippen molar-refractivity contribution < 1.29 is 18.7 Å². The molecule has 3 rings (SSSR count). The van der Waals surface area contributed by atoms with Crippen molar-refractivity contribution in [2.75, 3.05) is 0 Å². The van der Waals surface area contributed by atoms with Crippen molar-refractivity contribution >= 4 is 16.9 Å². The van der Waals surface area contributed by atoms with Crippen molar-refractivity contribution in [1.82, 2.24) is 4.98 Å². The van der Waals surface area contributed by atoms with E-state index in [1.54, 1.807) is 0 Å². The third-order valence-electron chi connectivity index (χ3n) is 4.23. The lowest BCUT2D eigenvalue weighted by atomic mass is 9.83. The van der Waals surface area contributed by atoms with E-state index >= 15 is 0 Å². The predicted octanol–water partition coefficient (Wildman–Crippen LogP) is 4.00. The Morgan fingerprint density at radius 2 is 1.95 bits per heavy atom. The molecular formula is C16H15F2NO2. The first-order valence-electron chi connectivity index (χ1n) is 6.79. The standard InChI is InChI=1S/C16H15F2NO2/c1-7-6-16(2,3)13-12(15(20)21)8-4-9(17)10(18)5-11(8)19-14(7)13/h4-5,7H,6H2,1-3H3,(H,20,21). The summed E-state index contributed by atoms with van der Waals surface area (Å²) in [6.45, 7) is 5.88. The van der Waals surface area contributed by atoms with E-state index in [4.69, 9.17) is 0 Å². The summed E-state index contributed by atoms with van der Waals surface area (Å²) in [5.74, 6) is -3.12. The molecule has 21 heavy (non-hydrogen) atoms. The van der Waals surface area contributed by atoms with Crippen LogP contribution in [0.15, 0.2) is 12.1 Å². The van der Waals surface area contributed by atoms with E-state index in [2.05, 4.69) is 4.98 Å². The molecule has 1 N–H and O–H groups in total. The van der Waals surface area contributed by atoms with Crippen LogP contribution in [-0.2, 0) is 5.41 Å². The van der Waals surface area contributed by atoms with Crippen LogP contribution < -0.4 is 0 Å². The molecule has 0 fully saturated rings. The summed E-state index contributed by atoms with van der Waals surface area (Å²) in [4.78, 5) is 16.1. The van der Waals surface area contributed by atoms with Gasteiger partial charge in [0.2, 0.25) is 0 Å². The van der Waals surface area contributed by atoms with Gasteiger partial charge in [-0.25, -0.2) is 13.6 Å². The number of pyridine rings is 1. The van der Waals surface area contributed by atoms with Gasteiger partial charge in [0.25, 0.3) is 0 Å². The first-order valence-corrected chi connectivity index (χ1v) is 6.79. The summed E-state index contributed by atoms with van der Waals surface area (Å²) in [5, 5.41) is 9.74. The molecule has 0 saturated carbocycles. The fraction of sp³-hybridized carbons (Fsp3) is 0.375. The number of carboxylic acid groups (broad SMARTS) is 1. The van der Waals surface area contributed by atoms with Gasteiger partial charge in [0.1, 0.15) is 0 Å². The quantitative estimate of drug-likeness (QED) is 0.864. The Labute approximate surface area is 120 Å². The zero-order valence-electron chi connectivity index (χ0n) is 12.0. The highest BCUT2D eigenvalue weighted by atomic mass is 19.2. The van der Waals surface area contributed by atoms with Gasteiger partial charge in [0, 0.05) is 17.1 Å². The lowest BCUT2D eigenvalue weighted by Gasteiger charge is -2.21. The topological polar surface area (TPSA) is 50.2 Å². The summed E-state index contributed by atoms with van der Waals surface area (Å²) < 4.78 is 26.9. The second kappa shape index (κ2) is 4.23. The second-order valence-electron chi connectivity index (χ2n) is 6.32. The highest BCUT2D eigenvalue weighted by Crippen LogP contribution is 2.47. The van der Waals surface area contributed by atoms with Gasteiger partial charge in [-0.1, -0.05) is 20.8 Å². The molecule has 2 aromatic rings. The molecule has 3 nitrogen and oxygen atoms in total. The molecule has 1 aliphatic carbocycles. The molecule has 1 aliphatic rings. The largest absolute Gasteiger partial charge is 0.478 e. The van der Waals surface area contributed by atoms with Crippen molar-refractivity contribution in [3.05, 3.63) is 40.6 Å². The van der Waals surface area contributed by atoms with Crippen LogP contribution >= 0.6 is 0 Å². The van der Waals surface area contributed by atoms with Crippen LogP contribution in [0.4, 0.5) is 8.78 Å². The third kappa shape index (κ3) is 1.91. The minimum Gasteiger partial charge on any atom is -0.478 e. The van der Waals surface area contributed by atoms with Crippen molar-refractivity contribution in [2.45, 2.75) is 38.5 Å². The number of hydrogen-bond donors (Lipinski definition) is 1. The second-order valence-corrected chi connectivity index (χ2v) is 6.32. The van der Waals surface area contributed by atoms with Gasteiger partial charge >= 0.3 is 5.97 Å². The Morgan fingerprint density at radius 1 is 1.33 bits per heavy atom. The highest BCUT2D eigenvalue weighted by Gasteiger charge is 2.40. The molecule has 0 radical (unpaired) electrons. The van der Waals surface area contributed by atoms with Crippen LogP contribution in [0.5, 0.6) is 0 Å². The number of aromatic carboxylic acids is 1. The summed E-state index contributed by atoms with van der Waals surface area (Å²) in [7, 11) is 0. The monoisotopic (exact) mass is 291 g/mol. The Hall–Kier alpha value is -2.04. The zero-order valence-corrected chi connectivity index (χ0v) is 12.0. The highest BCUT2D eigenvalue weighted by molar-refractivity contribution is 6.04. The Bertz CT molecular complexity index is 784. The summed E-state index contributed by atoms with van der Waals surface area (Å²) in [6, 6.07) is 1.90. The minimum atomic E-state index is -1.13. The molecule has 0 aliphatic heterocycles. The average Bonchev–Trinajstić information content (AvgIpc) is 2.58. The summed E-state index contributed by atoms with van der Waals surface area (Å²) in [5.41, 5.74) is 1.20. The average molecular weight is 291 g/mol. The SMILES string of the molecule is CC1CC(C)(C)c2c1nc1cc(F)c(F)cc1c2C(=O)O. The van der Waals surface area contributed by atoms with E-state index in [1.165, 1.54) is 0 Å². The van der Waals surface area contributed by atoms with Gasteiger partial charge in [0.05, 0.1) is 11.1 Å². The van der Waals surface area contributed by atoms with Crippen LogP contribution in [0.2, 0.25) is 0 Å². The molecule has 1 unspecified atom stereocenters. The number of halogens is 2. The maximum atomic E-state index is 13.5. The molecule has 1 atom stereocenters. The number of rotatable bonds is 1. The number of carbonyl (C=O) groups is 1. The van der Waals surface area contributed by atoms with Crippen LogP contribution in [-0.4, -0.2) is 16.1 Å². The van der Waals surface area contributed by atoms with Gasteiger partial charge in [-0.05, 0) is 29.4 Å². The van der Waals surface area contributed by atoms with Gasteiger partial charge in [-0.15, -0.1) is 0 Å². The maximum Gasteiger partial charge on any atom is 0.336 e. The minimum absolute atomic E-state index is 0.0447. The molecule has 5 heteroatoms. The molecule has 0 amide bonds. The first kappa shape index (κ1) is 13.9. The van der Waals surface area contributed by atoms with Crippen LogP contribution in [0, 0.1) is 11.6 Å². The fourth-order valence-electron chi connectivity index (χ4n) is 3.51. The third-order valence-corrected chi connectivity index (χ3v) is 4.23. The molecule has 0 saturated heterocycles. The Morgan fingerprint density at radius 3 is 2.57 bits per heavy atom. The molecule has 0 bridgehead atoms. The number of fused-ring (bicyclic) bond motifs is 2. The predicted molar refractivity (Wildman–Crippen MR) is 74.7 cm³/mol. The van der Waals surface area contributed by atoms with Crippen molar-refractivity contribution in [3.8, 4) is 0 Å². The normalized spacial score (nSPS) is 19.8. The van der Waals surface area contributed by atoms with E-state index in [1.807, 2.05) is 20.8 Å². The lowest BCUT2D eigenvalue weighted by Crippen LogP contribution is -2.18. The van der Waals surface area contributed by atoms with Gasteiger partial charge in [-0.3, -0.25) is 4.98 Å². The van der Waals surface area contributed by atoms with Gasteiger partial charge < -0.3 is 5.11 Å². The number of benzene rings is 1. The number of aromatic nitrogens is 1. The molecule has 1 aromatic carbocycles. The number of nitrogens with zero attached hydrogens (tertiary/aromatic N) is 1. The smallest absolute Gasteiger partial charge is 0.336 e. The Balaban J connectivity index is 2.51. The van der Waals surface area contributed by atoms with Gasteiger partial charge in [-0.2, -0.15) is 0 Å². The molecule has 1 aromatic heterocycles. The van der Waals surface area contributed by atoms with Gasteiger partial charge in [0.15, 0.2) is 11.6 Å². The van der Waals surface area contributed by atoms with Crippen molar-refractivity contribution in [2.24, 2.45) is 0 Å².